The number of benzene rings is 2. The van der Waals surface area contributed by atoms with Crippen molar-refractivity contribution in [3.63, 3.8) is 0 Å². The SMILES string of the molecule is O=S(=O)(Nc1ccccc1-c1cn2c(n1)SCC2)c1ccc(C(F)(F)F)cc1. The molecule has 0 radical (unpaired) electrons. The molecular weight excluding hydrogens is 411 g/mol. The predicted octanol–water partition coefficient (Wildman–Crippen LogP) is 4.48. The van der Waals surface area contributed by atoms with E-state index < -0.39 is 21.8 Å². The summed E-state index contributed by atoms with van der Waals surface area (Å²) < 4.78 is 67.9. The topological polar surface area (TPSA) is 64.0 Å². The highest BCUT2D eigenvalue weighted by Gasteiger charge is 2.30. The van der Waals surface area contributed by atoms with Gasteiger partial charge in [0.25, 0.3) is 10.0 Å². The van der Waals surface area contributed by atoms with Crippen molar-refractivity contribution in [1.29, 1.82) is 0 Å². The van der Waals surface area contributed by atoms with Crippen LogP contribution in [0.3, 0.4) is 0 Å². The van der Waals surface area contributed by atoms with Crippen molar-refractivity contribution in [2.45, 2.75) is 22.8 Å². The minimum atomic E-state index is -4.53. The molecular formula is C18H14F3N3O2S2. The van der Waals surface area contributed by atoms with E-state index in [1.54, 1.807) is 36.0 Å². The first kappa shape index (κ1) is 18.9. The molecule has 2 aromatic carbocycles. The molecule has 0 aliphatic carbocycles. The lowest BCUT2D eigenvalue weighted by Gasteiger charge is -2.12. The summed E-state index contributed by atoms with van der Waals surface area (Å²) in [5.41, 5.74) is 0.634. The van der Waals surface area contributed by atoms with E-state index >= 15 is 0 Å². The molecule has 2 heterocycles. The maximum absolute atomic E-state index is 12.7. The Labute approximate surface area is 163 Å². The summed E-state index contributed by atoms with van der Waals surface area (Å²) in [4.78, 5) is 4.28. The van der Waals surface area contributed by atoms with Gasteiger partial charge in [-0.3, -0.25) is 4.72 Å². The highest BCUT2D eigenvalue weighted by molar-refractivity contribution is 7.99. The Balaban J connectivity index is 1.65. The number of hydrogen-bond acceptors (Lipinski definition) is 4. The van der Waals surface area contributed by atoms with Gasteiger partial charge in [0.15, 0.2) is 5.16 Å². The second-order valence-corrected chi connectivity index (χ2v) is 8.87. The lowest BCUT2D eigenvalue weighted by atomic mass is 10.1. The van der Waals surface area contributed by atoms with Crippen LogP contribution in [0.1, 0.15) is 5.56 Å². The molecule has 1 aromatic heterocycles. The number of hydrogen-bond donors (Lipinski definition) is 1. The van der Waals surface area contributed by atoms with Gasteiger partial charge in [0.1, 0.15) is 0 Å². The number of imidazole rings is 1. The molecule has 10 heteroatoms. The van der Waals surface area contributed by atoms with Gasteiger partial charge in [-0.15, -0.1) is 0 Å². The molecule has 0 bridgehead atoms. The lowest BCUT2D eigenvalue weighted by Crippen LogP contribution is -2.14. The Hall–Kier alpha value is -2.46. The second-order valence-electron chi connectivity index (χ2n) is 6.12. The average Bonchev–Trinajstić information content (AvgIpc) is 3.23. The zero-order chi connectivity index (χ0) is 19.9. The quantitative estimate of drug-likeness (QED) is 0.670. The van der Waals surface area contributed by atoms with Gasteiger partial charge in [-0.25, -0.2) is 13.4 Å². The summed E-state index contributed by atoms with van der Waals surface area (Å²) in [5.74, 6) is 0.949. The van der Waals surface area contributed by atoms with E-state index in [0.29, 0.717) is 16.9 Å². The van der Waals surface area contributed by atoms with Gasteiger partial charge in [-0.2, -0.15) is 13.2 Å². The Bertz CT molecular complexity index is 1100. The summed E-state index contributed by atoms with van der Waals surface area (Å²) >= 11 is 1.62. The van der Waals surface area contributed by atoms with Crippen LogP contribution in [0, 0.1) is 0 Å². The fraction of sp³-hybridized carbons (Fsp3) is 0.167. The highest BCUT2D eigenvalue weighted by atomic mass is 32.2. The van der Waals surface area contributed by atoms with Crippen LogP contribution < -0.4 is 4.72 Å². The fourth-order valence-electron chi connectivity index (χ4n) is 2.86. The van der Waals surface area contributed by atoms with Crippen LogP contribution in [0.4, 0.5) is 18.9 Å². The third-order valence-electron chi connectivity index (χ3n) is 4.24. The van der Waals surface area contributed by atoms with Gasteiger partial charge < -0.3 is 4.57 Å². The molecule has 146 valence electrons. The summed E-state index contributed by atoms with van der Waals surface area (Å²) in [6.45, 7) is 0.840. The smallest absolute Gasteiger partial charge is 0.325 e. The molecule has 0 unspecified atom stereocenters. The first-order chi connectivity index (χ1) is 13.2. The van der Waals surface area contributed by atoms with Crippen molar-refractivity contribution >= 4 is 27.5 Å². The number of para-hydroxylation sites is 1. The van der Waals surface area contributed by atoms with Crippen molar-refractivity contribution in [1.82, 2.24) is 9.55 Å². The summed E-state index contributed by atoms with van der Waals surface area (Å²) in [6.07, 6.45) is -2.66. The fourth-order valence-corrected chi connectivity index (χ4v) is 4.88. The van der Waals surface area contributed by atoms with Crippen molar-refractivity contribution in [3.05, 3.63) is 60.3 Å². The Morgan fingerprint density at radius 1 is 1.07 bits per heavy atom. The van der Waals surface area contributed by atoms with Gasteiger partial charge in [0, 0.05) is 24.1 Å². The van der Waals surface area contributed by atoms with Crippen LogP contribution in [-0.2, 0) is 22.7 Å². The maximum atomic E-state index is 12.7. The molecule has 0 amide bonds. The van der Waals surface area contributed by atoms with Crippen LogP contribution >= 0.6 is 11.8 Å². The van der Waals surface area contributed by atoms with Crippen molar-refractivity contribution in [2.24, 2.45) is 0 Å². The van der Waals surface area contributed by atoms with Crippen molar-refractivity contribution in [2.75, 3.05) is 10.5 Å². The Morgan fingerprint density at radius 3 is 2.46 bits per heavy atom. The largest absolute Gasteiger partial charge is 0.416 e. The van der Waals surface area contributed by atoms with E-state index in [1.165, 1.54) is 0 Å². The van der Waals surface area contributed by atoms with E-state index in [2.05, 4.69) is 9.71 Å². The minimum absolute atomic E-state index is 0.252. The van der Waals surface area contributed by atoms with E-state index in [4.69, 9.17) is 0 Å². The highest BCUT2D eigenvalue weighted by Crippen LogP contribution is 2.34. The zero-order valence-corrected chi connectivity index (χ0v) is 15.9. The van der Waals surface area contributed by atoms with Gasteiger partial charge in [0.05, 0.1) is 21.8 Å². The normalized spacial score (nSPS) is 14.1. The maximum Gasteiger partial charge on any atom is 0.416 e. The number of nitrogens with zero attached hydrogens (tertiary/aromatic N) is 2. The summed E-state index contributed by atoms with van der Waals surface area (Å²) in [5, 5.41) is 0.871. The number of sulfonamides is 1. The Morgan fingerprint density at radius 2 is 1.79 bits per heavy atom. The minimum Gasteiger partial charge on any atom is -0.325 e. The molecule has 0 saturated carbocycles. The predicted molar refractivity (Wildman–Crippen MR) is 101 cm³/mol. The molecule has 0 atom stereocenters. The Kier molecular flexibility index (Phi) is 4.62. The third kappa shape index (κ3) is 3.61. The average molecular weight is 425 g/mol. The molecule has 1 aliphatic rings. The van der Waals surface area contributed by atoms with Gasteiger partial charge >= 0.3 is 6.18 Å². The number of nitrogens with one attached hydrogen (secondary N) is 1. The number of halogens is 3. The molecule has 1 aliphatic heterocycles. The van der Waals surface area contributed by atoms with Gasteiger partial charge in [-0.1, -0.05) is 30.0 Å². The second kappa shape index (κ2) is 6.85. The molecule has 0 spiro atoms. The van der Waals surface area contributed by atoms with Gasteiger partial charge in [-0.05, 0) is 30.3 Å². The number of anilines is 1. The number of thioether (sulfide) groups is 1. The first-order valence-electron chi connectivity index (χ1n) is 8.23. The van der Waals surface area contributed by atoms with Crippen LogP contribution in [0.25, 0.3) is 11.3 Å². The molecule has 0 fully saturated rings. The zero-order valence-electron chi connectivity index (χ0n) is 14.3. The standard InChI is InChI=1S/C18H14F3N3O2S2/c19-18(20,21)12-5-7-13(8-6-12)28(25,26)23-15-4-2-1-3-14(15)16-11-24-9-10-27-17(24)22-16/h1-8,11,23H,9-10H2. The van der Waals surface area contributed by atoms with E-state index in [-0.39, 0.29) is 4.90 Å². The van der Waals surface area contributed by atoms with Crippen LogP contribution in [-0.4, -0.2) is 23.7 Å². The van der Waals surface area contributed by atoms with Crippen molar-refractivity contribution in [3.8, 4) is 11.3 Å². The van der Waals surface area contributed by atoms with E-state index in [0.717, 1.165) is 41.7 Å². The van der Waals surface area contributed by atoms with E-state index in [9.17, 15) is 21.6 Å². The number of aromatic nitrogens is 2. The lowest BCUT2D eigenvalue weighted by molar-refractivity contribution is -0.137. The first-order valence-corrected chi connectivity index (χ1v) is 10.7. The number of rotatable bonds is 4. The summed E-state index contributed by atoms with van der Waals surface area (Å²) in [7, 11) is -4.06. The number of fused-ring (bicyclic) bond motifs is 1. The molecule has 3 aromatic rings. The van der Waals surface area contributed by atoms with Gasteiger partial charge in [0.2, 0.25) is 0 Å². The van der Waals surface area contributed by atoms with Crippen molar-refractivity contribution < 1.29 is 21.6 Å². The molecule has 4 rings (SSSR count). The summed E-state index contributed by atoms with van der Waals surface area (Å²) in [6, 6.07) is 10.2. The molecule has 0 saturated heterocycles. The number of alkyl halides is 3. The monoisotopic (exact) mass is 425 g/mol. The third-order valence-corrected chi connectivity index (χ3v) is 6.59. The number of aryl methyl sites for hydroxylation is 1. The van der Waals surface area contributed by atoms with E-state index in [1.807, 2.05) is 10.8 Å². The van der Waals surface area contributed by atoms with Crippen LogP contribution in [0.5, 0.6) is 0 Å². The molecule has 5 nitrogen and oxygen atoms in total. The molecule has 28 heavy (non-hydrogen) atoms. The van der Waals surface area contributed by atoms with Crippen LogP contribution in [0.2, 0.25) is 0 Å². The molecule has 1 N–H and O–H groups in total. The van der Waals surface area contributed by atoms with Crippen LogP contribution in [0.15, 0.2) is 64.8 Å².